The van der Waals surface area contributed by atoms with E-state index in [1.165, 1.54) is 6.08 Å². The maximum atomic E-state index is 11.7. The Morgan fingerprint density at radius 2 is 1.86 bits per heavy atom. The molecule has 0 aromatic heterocycles. The van der Waals surface area contributed by atoms with Gasteiger partial charge in [-0.1, -0.05) is 30.3 Å². The van der Waals surface area contributed by atoms with E-state index in [1.54, 1.807) is 24.3 Å². The summed E-state index contributed by atoms with van der Waals surface area (Å²) in [7, 11) is 0. The van der Waals surface area contributed by atoms with Crippen LogP contribution in [0.5, 0.6) is 0 Å². The third-order valence-corrected chi connectivity index (χ3v) is 3.31. The van der Waals surface area contributed by atoms with Crippen molar-refractivity contribution < 1.29 is 34.7 Å². The van der Waals surface area contributed by atoms with Crippen LogP contribution in [-0.4, -0.2) is 63.7 Å². The van der Waals surface area contributed by atoms with Crippen molar-refractivity contribution in [2.24, 2.45) is 0 Å². The molecule has 2 rings (SSSR count). The summed E-state index contributed by atoms with van der Waals surface area (Å²) in [6.07, 6.45) is -4.59. The van der Waals surface area contributed by atoms with Crippen molar-refractivity contribution in [3.63, 3.8) is 0 Å². The number of carbonyl (C=O) groups excluding carboxylic acids is 1. The topological polar surface area (TPSA) is 116 Å². The number of carbonyl (C=O) groups is 1. The zero-order valence-electron chi connectivity index (χ0n) is 11.6. The first-order chi connectivity index (χ1) is 10.5. The number of esters is 1. The fourth-order valence-electron chi connectivity index (χ4n) is 2.10. The number of aliphatic hydroxyl groups is 4. The largest absolute Gasteiger partial charge is 0.451 e. The lowest BCUT2D eigenvalue weighted by molar-refractivity contribution is -0.289. The molecular formula is C15H18O7. The Balaban J connectivity index is 1.97. The summed E-state index contributed by atoms with van der Waals surface area (Å²) >= 11 is 0. The smallest absolute Gasteiger partial charge is 0.331 e. The molecule has 7 nitrogen and oxygen atoms in total. The van der Waals surface area contributed by atoms with Crippen LogP contribution in [0.25, 0.3) is 6.08 Å². The zero-order chi connectivity index (χ0) is 16.1. The molecule has 0 unspecified atom stereocenters. The average Bonchev–Trinajstić information content (AvgIpc) is 2.54. The van der Waals surface area contributed by atoms with E-state index in [2.05, 4.69) is 0 Å². The van der Waals surface area contributed by atoms with Gasteiger partial charge < -0.3 is 29.9 Å². The first kappa shape index (κ1) is 16.6. The highest BCUT2D eigenvalue weighted by Crippen LogP contribution is 2.22. The standard InChI is InChI=1S/C15H18O7/c16-8-10-12(18)13(19)14(15(20)21-10)22-11(17)7-6-9-4-2-1-3-5-9/h1-7,10,12-16,18-20H,8H2/t10-,12-,13+,14-,15+/m1/s1. The summed E-state index contributed by atoms with van der Waals surface area (Å²) in [4.78, 5) is 11.7. The maximum absolute atomic E-state index is 11.7. The Morgan fingerprint density at radius 3 is 2.50 bits per heavy atom. The van der Waals surface area contributed by atoms with Gasteiger partial charge in [0.15, 0.2) is 12.4 Å². The molecular weight excluding hydrogens is 292 g/mol. The number of hydrogen-bond donors (Lipinski definition) is 4. The van der Waals surface area contributed by atoms with Gasteiger partial charge in [0.25, 0.3) is 0 Å². The van der Waals surface area contributed by atoms with E-state index in [-0.39, 0.29) is 0 Å². The minimum Gasteiger partial charge on any atom is -0.451 e. The summed E-state index contributed by atoms with van der Waals surface area (Å²) in [6.45, 7) is -0.580. The van der Waals surface area contributed by atoms with Crippen LogP contribution in [0.1, 0.15) is 5.56 Å². The number of aliphatic hydroxyl groups excluding tert-OH is 4. The SMILES string of the molecule is O=C(C=Cc1ccccc1)O[C@@H]1[C@@H](O)[C@H](O)[C@@H](CO)O[C@@H]1O. The Kier molecular flexibility index (Phi) is 5.64. The van der Waals surface area contributed by atoms with Gasteiger partial charge in [0.2, 0.25) is 0 Å². The Bertz CT molecular complexity index is 516. The second-order valence-corrected chi connectivity index (χ2v) is 4.87. The average molecular weight is 310 g/mol. The molecule has 4 N–H and O–H groups in total. The zero-order valence-corrected chi connectivity index (χ0v) is 11.6. The van der Waals surface area contributed by atoms with Crippen LogP contribution in [0.15, 0.2) is 36.4 Å². The third kappa shape index (κ3) is 3.90. The molecule has 0 saturated carbocycles. The molecule has 1 heterocycles. The second kappa shape index (κ2) is 7.48. The van der Waals surface area contributed by atoms with Crippen molar-refractivity contribution in [2.75, 3.05) is 6.61 Å². The molecule has 0 bridgehead atoms. The highest BCUT2D eigenvalue weighted by Gasteiger charge is 2.45. The Hall–Kier alpha value is -1.77. The number of ether oxygens (including phenoxy) is 2. The van der Waals surface area contributed by atoms with Gasteiger partial charge in [-0.25, -0.2) is 4.79 Å². The fourth-order valence-corrected chi connectivity index (χ4v) is 2.10. The number of rotatable bonds is 4. The Morgan fingerprint density at radius 1 is 1.18 bits per heavy atom. The molecule has 7 heteroatoms. The van der Waals surface area contributed by atoms with E-state index < -0.39 is 43.3 Å². The van der Waals surface area contributed by atoms with Crippen molar-refractivity contribution in [3.05, 3.63) is 42.0 Å². The van der Waals surface area contributed by atoms with Crippen LogP contribution < -0.4 is 0 Å². The minimum absolute atomic E-state index is 0.580. The lowest BCUT2D eigenvalue weighted by Crippen LogP contribution is -2.59. The molecule has 1 fully saturated rings. The normalized spacial score (nSPS) is 32.1. The van der Waals surface area contributed by atoms with Crippen molar-refractivity contribution in [3.8, 4) is 0 Å². The molecule has 1 aromatic rings. The molecule has 1 saturated heterocycles. The van der Waals surface area contributed by atoms with Crippen LogP contribution in [0.2, 0.25) is 0 Å². The fraction of sp³-hybridized carbons (Fsp3) is 0.400. The van der Waals surface area contributed by atoms with Crippen LogP contribution >= 0.6 is 0 Å². The van der Waals surface area contributed by atoms with E-state index in [4.69, 9.17) is 14.6 Å². The van der Waals surface area contributed by atoms with Gasteiger partial charge in [-0.3, -0.25) is 0 Å². The van der Waals surface area contributed by atoms with Crippen molar-refractivity contribution >= 4 is 12.0 Å². The summed E-state index contributed by atoms with van der Waals surface area (Å²) in [6, 6.07) is 9.01. The summed E-state index contributed by atoms with van der Waals surface area (Å²) < 4.78 is 9.80. The van der Waals surface area contributed by atoms with Gasteiger partial charge >= 0.3 is 5.97 Å². The number of benzene rings is 1. The van der Waals surface area contributed by atoms with Crippen LogP contribution in [-0.2, 0) is 14.3 Å². The van der Waals surface area contributed by atoms with Crippen LogP contribution in [0, 0.1) is 0 Å². The quantitative estimate of drug-likeness (QED) is 0.418. The molecule has 1 aromatic carbocycles. The minimum atomic E-state index is -1.63. The second-order valence-electron chi connectivity index (χ2n) is 4.87. The predicted molar refractivity (Wildman–Crippen MR) is 75.3 cm³/mol. The Labute approximate surface area is 127 Å². The molecule has 0 radical (unpaired) electrons. The molecule has 1 aliphatic heterocycles. The molecule has 0 aliphatic carbocycles. The van der Waals surface area contributed by atoms with E-state index in [0.29, 0.717) is 0 Å². The van der Waals surface area contributed by atoms with E-state index in [0.717, 1.165) is 11.6 Å². The van der Waals surface area contributed by atoms with Gasteiger partial charge in [0.1, 0.15) is 18.3 Å². The van der Waals surface area contributed by atoms with Crippen molar-refractivity contribution in [1.29, 1.82) is 0 Å². The lowest BCUT2D eigenvalue weighted by Gasteiger charge is -2.39. The molecule has 22 heavy (non-hydrogen) atoms. The van der Waals surface area contributed by atoms with Crippen molar-refractivity contribution in [2.45, 2.75) is 30.7 Å². The maximum Gasteiger partial charge on any atom is 0.331 e. The molecule has 5 atom stereocenters. The highest BCUT2D eigenvalue weighted by molar-refractivity contribution is 5.87. The van der Waals surface area contributed by atoms with Crippen molar-refractivity contribution in [1.82, 2.24) is 0 Å². The monoisotopic (exact) mass is 310 g/mol. The predicted octanol–water partition coefficient (Wildman–Crippen LogP) is -0.957. The van der Waals surface area contributed by atoms with Gasteiger partial charge in [0, 0.05) is 6.08 Å². The third-order valence-electron chi connectivity index (χ3n) is 3.31. The van der Waals surface area contributed by atoms with E-state index >= 15 is 0 Å². The first-order valence-electron chi connectivity index (χ1n) is 6.77. The van der Waals surface area contributed by atoms with Crippen LogP contribution in [0.4, 0.5) is 0 Å². The van der Waals surface area contributed by atoms with Gasteiger partial charge in [-0.05, 0) is 11.6 Å². The molecule has 0 amide bonds. The lowest BCUT2D eigenvalue weighted by atomic mass is 9.99. The van der Waals surface area contributed by atoms with Gasteiger partial charge in [0.05, 0.1) is 6.61 Å². The van der Waals surface area contributed by atoms with E-state index in [9.17, 15) is 20.1 Å². The van der Waals surface area contributed by atoms with Gasteiger partial charge in [-0.15, -0.1) is 0 Å². The first-order valence-corrected chi connectivity index (χ1v) is 6.77. The summed E-state index contributed by atoms with van der Waals surface area (Å²) in [5, 5.41) is 38.2. The van der Waals surface area contributed by atoms with Gasteiger partial charge in [-0.2, -0.15) is 0 Å². The highest BCUT2D eigenvalue weighted by atomic mass is 16.7. The van der Waals surface area contributed by atoms with Crippen LogP contribution in [0.3, 0.4) is 0 Å². The van der Waals surface area contributed by atoms with E-state index in [1.807, 2.05) is 6.07 Å². The number of hydrogen-bond acceptors (Lipinski definition) is 7. The summed E-state index contributed by atoms with van der Waals surface area (Å²) in [5.74, 6) is -0.801. The summed E-state index contributed by atoms with van der Waals surface area (Å²) in [5.41, 5.74) is 0.779. The molecule has 1 aliphatic rings. The molecule has 0 spiro atoms. The molecule has 120 valence electrons.